The van der Waals surface area contributed by atoms with Gasteiger partial charge in [0, 0.05) is 24.6 Å². The lowest BCUT2D eigenvalue weighted by Gasteiger charge is -2.29. The van der Waals surface area contributed by atoms with E-state index in [1.807, 2.05) is 53.8 Å². The first kappa shape index (κ1) is 22.4. The Hall–Kier alpha value is -3.75. The molecule has 2 aromatic carbocycles. The van der Waals surface area contributed by atoms with Gasteiger partial charge in [-0.05, 0) is 28.7 Å². The first-order chi connectivity index (χ1) is 15.8. The van der Waals surface area contributed by atoms with Gasteiger partial charge in [-0.2, -0.15) is 8.78 Å². The Morgan fingerprint density at radius 1 is 1.06 bits per heavy atom. The highest BCUT2D eigenvalue weighted by Crippen LogP contribution is 2.44. The number of hydrogen-bond acceptors (Lipinski definition) is 4. The van der Waals surface area contributed by atoms with Crippen LogP contribution in [0, 0.1) is 0 Å². The van der Waals surface area contributed by atoms with Crippen molar-refractivity contribution < 1.29 is 33.0 Å². The van der Waals surface area contributed by atoms with Crippen LogP contribution in [0.2, 0.25) is 0 Å². The lowest BCUT2D eigenvalue weighted by molar-refractivity contribution is -0.156. The molecule has 1 aliphatic heterocycles. The van der Waals surface area contributed by atoms with Crippen molar-refractivity contribution in [1.82, 2.24) is 10.2 Å². The smallest absolute Gasteiger partial charge is 0.407 e. The normalized spacial score (nSPS) is 15.3. The number of halogens is 2. The van der Waals surface area contributed by atoms with Crippen molar-refractivity contribution in [2.75, 3.05) is 26.2 Å². The number of amides is 2. The van der Waals surface area contributed by atoms with Crippen LogP contribution in [0.25, 0.3) is 11.1 Å². The monoisotopic (exact) mass is 456 g/mol. The van der Waals surface area contributed by atoms with E-state index >= 15 is 0 Å². The third kappa shape index (κ3) is 4.57. The van der Waals surface area contributed by atoms with E-state index in [-0.39, 0.29) is 37.6 Å². The minimum absolute atomic E-state index is 0.0169. The Morgan fingerprint density at radius 2 is 1.67 bits per heavy atom. The number of carboxylic acid groups (broad SMARTS) is 1. The molecule has 1 aliphatic carbocycles. The number of benzene rings is 2. The second kappa shape index (κ2) is 9.01. The summed E-state index contributed by atoms with van der Waals surface area (Å²) in [5.41, 5.74) is 4.15. The molecule has 33 heavy (non-hydrogen) atoms. The van der Waals surface area contributed by atoms with Crippen LogP contribution in [-0.2, 0) is 14.3 Å². The third-order valence-corrected chi connectivity index (χ3v) is 5.88. The van der Waals surface area contributed by atoms with Gasteiger partial charge >= 0.3 is 18.0 Å². The molecule has 0 unspecified atom stereocenters. The summed E-state index contributed by atoms with van der Waals surface area (Å²) in [6.07, 6.45) is 0.173. The number of rotatable bonds is 6. The molecule has 4 rings (SSSR count). The molecule has 2 N–H and O–H groups in total. The number of ether oxygens (including phenoxy) is 1. The van der Waals surface area contributed by atoms with E-state index in [0.717, 1.165) is 27.2 Å². The number of nitrogens with one attached hydrogen (secondary N) is 1. The first-order valence-electron chi connectivity index (χ1n) is 10.5. The third-order valence-electron chi connectivity index (χ3n) is 5.88. The number of nitrogens with zero attached hydrogens (tertiary/aromatic N) is 1. The zero-order valence-electron chi connectivity index (χ0n) is 17.6. The highest BCUT2D eigenvalue weighted by molar-refractivity contribution is 5.88. The molecule has 0 fully saturated rings. The zero-order chi connectivity index (χ0) is 23.6. The molecule has 172 valence electrons. The summed E-state index contributed by atoms with van der Waals surface area (Å²) < 4.78 is 33.9. The predicted molar refractivity (Wildman–Crippen MR) is 115 cm³/mol. The van der Waals surface area contributed by atoms with Crippen LogP contribution in [0.1, 0.15) is 23.5 Å². The van der Waals surface area contributed by atoms with Gasteiger partial charge in [0.1, 0.15) is 6.61 Å². The van der Waals surface area contributed by atoms with Crippen molar-refractivity contribution in [3.8, 4) is 11.1 Å². The topological polar surface area (TPSA) is 95.9 Å². The average Bonchev–Trinajstić information content (AvgIpc) is 3.15. The lowest BCUT2D eigenvalue weighted by atomic mass is 9.98. The van der Waals surface area contributed by atoms with Gasteiger partial charge in [-0.1, -0.05) is 54.6 Å². The number of hydrogen-bond donors (Lipinski definition) is 2. The van der Waals surface area contributed by atoms with Crippen molar-refractivity contribution in [3.05, 3.63) is 71.3 Å². The molecule has 2 aliphatic rings. The molecule has 7 nitrogen and oxygen atoms in total. The fourth-order valence-electron chi connectivity index (χ4n) is 4.19. The first-order valence-corrected chi connectivity index (χ1v) is 10.5. The van der Waals surface area contributed by atoms with Gasteiger partial charge in [0.15, 0.2) is 0 Å². The fourth-order valence-corrected chi connectivity index (χ4v) is 4.19. The number of fused-ring (bicyclic) bond motifs is 3. The van der Waals surface area contributed by atoms with Gasteiger partial charge in [-0.15, -0.1) is 0 Å². The Kier molecular flexibility index (Phi) is 6.13. The summed E-state index contributed by atoms with van der Waals surface area (Å²) in [5.74, 6) is -6.66. The van der Waals surface area contributed by atoms with Crippen LogP contribution in [0.5, 0.6) is 0 Å². The second-order valence-corrected chi connectivity index (χ2v) is 7.92. The highest BCUT2D eigenvalue weighted by Gasteiger charge is 2.43. The van der Waals surface area contributed by atoms with Crippen molar-refractivity contribution in [3.63, 3.8) is 0 Å². The van der Waals surface area contributed by atoms with E-state index in [0.29, 0.717) is 0 Å². The molecule has 2 aromatic rings. The summed E-state index contributed by atoms with van der Waals surface area (Å²) >= 11 is 0. The molecule has 9 heteroatoms. The summed E-state index contributed by atoms with van der Waals surface area (Å²) in [7, 11) is 0. The number of aliphatic carboxylic acids is 1. The van der Waals surface area contributed by atoms with Crippen molar-refractivity contribution in [1.29, 1.82) is 0 Å². The molecule has 0 saturated carbocycles. The minimum Gasteiger partial charge on any atom is -0.478 e. The van der Waals surface area contributed by atoms with Gasteiger partial charge < -0.3 is 20.1 Å². The van der Waals surface area contributed by atoms with Crippen molar-refractivity contribution >= 4 is 18.0 Å². The van der Waals surface area contributed by atoms with E-state index in [9.17, 15) is 23.2 Å². The molecular formula is C24H22F2N2O5. The number of alkyl carbamates (subject to hydrolysis) is 1. The van der Waals surface area contributed by atoms with Gasteiger partial charge in [-0.25, -0.2) is 9.59 Å². The van der Waals surface area contributed by atoms with Gasteiger partial charge in [0.2, 0.25) is 0 Å². The predicted octanol–water partition coefficient (Wildman–Crippen LogP) is 3.40. The molecule has 0 atom stereocenters. The zero-order valence-corrected chi connectivity index (χ0v) is 17.6. The highest BCUT2D eigenvalue weighted by atomic mass is 19.3. The quantitative estimate of drug-likeness (QED) is 0.695. The maximum atomic E-state index is 14.4. The number of carbonyl (C=O) groups is 3. The van der Waals surface area contributed by atoms with E-state index in [4.69, 9.17) is 9.84 Å². The Morgan fingerprint density at radius 3 is 2.21 bits per heavy atom. The SMILES string of the molecule is O=C(NCC(F)(F)C(=O)N1CC=C(C(=O)O)CC1)OCC1c2ccccc2-c2ccccc21. The summed E-state index contributed by atoms with van der Waals surface area (Å²) in [4.78, 5) is 36.1. The van der Waals surface area contributed by atoms with Crippen LogP contribution in [0.3, 0.4) is 0 Å². The van der Waals surface area contributed by atoms with E-state index in [1.165, 1.54) is 6.08 Å². The molecule has 1 heterocycles. The largest absolute Gasteiger partial charge is 0.478 e. The molecule has 0 saturated heterocycles. The van der Waals surface area contributed by atoms with Gasteiger partial charge in [-0.3, -0.25) is 4.79 Å². The Labute approximate surface area is 188 Å². The van der Waals surface area contributed by atoms with Crippen LogP contribution in [0.4, 0.5) is 13.6 Å². The second-order valence-electron chi connectivity index (χ2n) is 7.92. The van der Waals surface area contributed by atoms with Crippen molar-refractivity contribution in [2.45, 2.75) is 18.3 Å². The maximum absolute atomic E-state index is 14.4. The van der Waals surface area contributed by atoms with Crippen LogP contribution in [0.15, 0.2) is 60.2 Å². The fraction of sp³-hybridized carbons (Fsp3) is 0.292. The summed E-state index contributed by atoms with van der Waals surface area (Å²) in [6.45, 7) is -1.60. The van der Waals surface area contributed by atoms with Gasteiger partial charge in [0.05, 0.1) is 6.54 Å². The van der Waals surface area contributed by atoms with Crippen LogP contribution < -0.4 is 5.32 Å². The minimum atomic E-state index is -3.85. The molecule has 0 radical (unpaired) electrons. The van der Waals surface area contributed by atoms with E-state index in [1.54, 1.807) is 0 Å². The summed E-state index contributed by atoms with van der Waals surface area (Å²) in [6, 6.07) is 15.5. The van der Waals surface area contributed by atoms with Gasteiger partial charge in [0.25, 0.3) is 5.91 Å². The average molecular weight is 456 g/mol. The van der Waals surface area contributed by atoms with Crippen molar-refractivity contribution in [2.24, 2.45) is 0 Å². The molecule has 2 amide bonds. The number of alkyl halides is 2. The summed E-state index contributed by atoms with van der Waals surface area (Å²) in [5, 5.41) is 10.9. The maximum Gasteiger partial charge on any atom is 0.407 e. The van der Waals surface area contributed by atoms with Crippen LogP contribution in [-0.4, -0.2) is 60.1 Å². The standard InChI is InChI=1S/C24H22F2N2O5/c25-24(26,22(31)28-11-9-15(10-12-28)21(29)30)14-27-23(32)33-13-20-18-7-3-1-5-16(18)17-6-2-4-8-19(17)20/h1-9,20H,10-14H2,(H,27,32)(H,29,30). The number of carboxylic acids is 1. The number of carbonyl (C=O) groups excluding carboxylic acids is 2. The lowest BCUT2D eigenvalue weighted by Crippen LogP contribution is -2.51. The Balaban J connectivity index is 1.33. The molecule has 0 bridgehead atoms. The molecule has 0 aromatic heterocycles. The van der Waals surface area contributed by atoms with E-state index in [2.05, 4.69) is 0 Å². The molecule has 0 spiro atoms. The van der Waals surface area contributed by atoms with E-state index < -0.39 is 30.4 Å². The van der Waals surface area contributed by atoms with Crippen LogP contribution >= 0.6 is 0 Å². The Bertz CT molecular complexity index is 1090. The molecular weight excluding hydrogens is 434 g/mol.